The zero-order chi connectivity index (χ0) is 13.4. The quantitative estimate of drug-likeness (QED) is 0.626. The third-order valence-electron chi connectivity index (χ3n) is 3.80. The predicted octanol–water partition coefficient (Wildman–Crippen LogP) is 3.21. The highest BCUT2D eigenvalue weighted by molar-refractivity contribution is 5.83. The van der Waals surface area contributed by atoms with E-state index in [0.717, 1.165) is 32.0 Å². The van der Waals surface area contributed by atoms with Gasteiger partial charge in [-0.05, 0) is 31.1 Å². The molecule has 106 valence electrons. The minimum Gasteiger partial charge on any atom is -0.381 e. The van der Waals surface area contributed by atoms with Crippen molar-refractivity contribution in [3.05, 3.63) is 0 Å². The van der Waals surface area contributed by atoms with Gasteiger partial charge in [-0.3, -0.25) is 4.79 Å². The molecule has 1 unspecified atom stereocenters. The van der Waals surface area contributed by atoms with Crippen molar-refractivity contribution in [3.63, 3.8) is 0 Å². The summed E-state index contributed by atoms with van der Waals surface area (Å²) in [5.41, 5.74) is 0. The number of carbonyl (C=O) groups excluding carboxylic acids is 1. The van der Waals surface area contributed by atoms with Crippen LogP contribution in [0.3, 0.4) is 0 Å². The number of Topliss-reactive ketones (excluding diaryl/α,β-unsaturated/α-hetero) is 1. The first kappa shape index (κ1) is 15.6. The molecule has 0 aromatic carbocycles. The maximum absolute atomic E-state index is 11.9. The number of unbranched alkanes of at least 4 members (excludes halogenated alkanes) is 1. The first-order valence-electron chi connectivity index (χ1n) is 7.28. The van der Waals surface area contributed by atoms with Gasteiger partial charge in [0.15, 0.2) is 5.78 Å². The molecule has 1 fully saturated rings. The Labute approximate surface area is 111 Å². The van der Waals surface area contributed by atoms with Crippen LogP contribution in [0, 0.1) is 11.8 Å². The van der Waals surface area contributed by atoms with E-state index in [0.29, 0.717) is 6.42 Å². The maximum atomic E-state index is 11.9. The van der Waals surface area contributed by atoms with E-state index < -0.39 is 0 Å². The molecule has 0 saturated carbocycles. The van der Waals surface area contributed by atoms with Gasteiger partial charge in [-0.2, -0.15) is 0 Å². The van der Waals surface area contributed by atoms with Crippen LogP contribution in [0.15, 0.2) is 0 Å². The van der Waals surface area contributed by atoms with Gasteiger partial charge >= 0.3 is 0 Å². The normalized spacial score (nSPS) is 19.1. The molecule has 18 heavy (non-hydrogen) atoms. The number of carbonyl (C=O) groups is 1. The summed E-state index contributed by atoms with van der Waals surface area (Å²) in [5.74, 6) is 1.36. The van der Waals surface area contributed by atoms with Crippen molar-refractivity contribution in [2.45, 2.75) is 58.5 Å². The van der Waals surface area contributed by atoms with Crippen LogP contribution in [0.2, 0.25) is 0 Å². The van der Waals surface area contributed by atoms with Gasteiger partial charge in [0.2, 0.25) is 0 Å². The molecule has 0 spiro atoms. The lowest BCUT2D eigenvalue weighted by Gasteiger charge is -2.22. The molecule has 0 N–H and O–H groups in total. The van der Waals surface area contributed by atoms with Gasteiger partial charge in [0, 0.05) is 26.7 Å². The molecular weight excluding hydrogens is 228 g/mol. The van der Waals surface area contributed by atoms with Crippen LogP contribution in [0.5, 0.6) is 0 Å². The zero-order valence-corrected chi connectivity index (χ0v) is 12.1. The third-order valence-corrected chi connectivity index (χ3v) is 3.80. The summed E-state index contributed by atoms with van der Waals surface area (Å²) in [4.78, 5) is 11.9. The Morgan fingerprint density at radius 1 is 1.28 bits per heavy atom. The smallest absolute Gasteiger partial charge is 0.161 e. The van der Waals surface area contributed by atoms with Gasteiger partial charge in [-0.15, -0.1) is 0 Å². The highest BCUT2D eigenvalue weighted by atomic mass is 16.5. The van der Waals surface area contributed by atoms with E-state index in [2.05, 4.69) is 0 Å². The fraction of sp³-hybridized carbons (Fsp3) is 0.933. The Kier molecular flexibility index (Phi) is 7.52. The summed E-state index contributed by atoms with van der Waals surface area (Å²) in [6.45, 7) is 5.91. The summed E-state index contributed by atoms with van der Waals surface area (Å²) in [5, 5.41) is 0. The van der Waals surface area contributed by atoms with Gasteiger partial charge in [-0.25, -0.2) is 0 Å². The monoisotopic (exact) mass is 256 g/mol. The molecule has 0 radical (unpaired) electrons. The molecule has 3 heteroatoms. The third kappa shape index (κ3) is 5.49. The predicted molar refractivity (Wildman–Crippen MR) is 72.7 cm³/mol. The van der Waals surface area contributed by atoms with Crippen LogP contribution in [0.25, 0.3) is 0 Å². The lowest BCUT2D eigenvalue weighted by molar-refractivity contribution is -0.131. The van der Waals surface area contributed by atoms with Crippen LogP contribution in [-0.4, -0.2) is 32.2 Å². The molecule has 0 aromatic heterocycles. The largest absolute Gasteiger partial charge is 0.381 e. The fourth-order valence-corrected chi connectivity index (χ4v) is 2.68. The van der Waals surface area contributed by atoms with Crippen molar-refractivity contribution in [1.82, 2.24) is 0 Å². The number of ether oxygens (including phenoxy) is 2. The number of methoxy groups -OCH3 is 1. The van der Waals surface area contributed by atoms with Gasteiger partial charge in [0.1, 0.15) is 6.10 Å². The minimum atomic E-state index is -0.215. The molecule has 1 saturated heterocycles. The molecule has 0 aromatic rings. The highest BCUT2D eigenvalue weighted by Gasteiger charge is 2.21. The first-order chi connectivity index (χ1) is 8.65. The minimum absolute atomic E-state index is 0.215. The second-order valence-electron chi connectivity index (χ2n) is 5.67. The summed E-state index contributed by atoms with van der Waals surface area (Å²) in [7, 11) is 1.63. The molecule has 3 nitrogen and oxygen atoms in total. The Hall–Kier alpha value is -0.410. The number of hydrogen-bond donors (Lipinski definition) is 0. The van der Waals surface area contributed by atoms with E-state index in [9.17, 15) is 4.79 Å². The molecule has 0 bridgehead atoms. The average Bonchev–Trinajstić information content (AvgIpc) is 2.36. The van der Waals surface area contributed by atoms with Crippen molar-refractivity contribution >= 4 is 5.78 Å². The molecule has 0 aliphatic carbocycles. The second kappa shape index (κ2) is 8.65. The van der Waals surface area contributed by atoms with Crippen molar-refractivity contribution in [1.29, 1.82) is 0 Å². The summed E-state index contributed by atoms with van der Waals surface area (Å²) < 4.78 is 10.6. The lowest BCUT2D eigenvalue weighted by Crippen LogP contribution is -2.28. The van der Waals surface area contributed by atoms with Crippen molar-refractivity contribution in [3.8, 4) is 0 Å². The van der Waals surface area contributed by atoms with E-state index in [1.165, 1.54) is 19.3 Å². The van der Waals surface area contributed by atoms with Gasteiger partial charge < -0.3 is 9.47 Å². The number of ketones is 1. The lowest BCUT2D eigenvalue weighted by atomic mass is 9.92. The fourth-order valence-electron chi connectivity index (χ4n) is 2.68. The van der Waals surface area contributed by atoms with Crippen LogP contribution >= 0.6 is 0 Å². The molecule has 1 aliphatic rings. The summed E-state index contributed by atoms with van der Waals surface area (Å²) in [6.07, 6.45) is 6.25. The Morgan fingerprint density at radius 2 is 1.94 bits per heavy atom. The molecule has 0 amide bonds. The van der Waals surface area contributed by atoms with Gasteiger partial charge in [-0.1, -0.05) is 26.7 Å². The zero-order valence-electron chi connectivity index (χ0n) is 12.1. The standard InChI is InChI=1S/C15H28O3/c1-12(2)15(17-3)14(16)7-5-4-6-13-8-10-18-11-9-13/h12-13,15H,4-11H2,1-3H3. The summed E-state index contributed by atoms with van der Waals surface area (Å²) in [6, 6.07) is 0. The Bertz CT molecular complexity index is 232. The topological polar surface area (TPSA) is 35.5 Å². The average molecular weight is 256 g/mol. The second-order valence-corrected chi connectivity index (χ2v) is 5.67. The highest BCUT2D eigenvalue weighted by Crippen LogP contribution is 2.21. The SMILES string of the molecule is COC(C(=O)CCCCC1CCOCC1)C(C)C. The molecule has 1 rings (SSSR count). The van der Waals surface area contributed by atoms with E-state index in [4.69, 9.17) is 9.47 Å². The van der Waals surface area contributed by atoms with Crippen molar-refractivity contribution < 1.29 is 14.3 Å². The molecule has 1 atom stereocenters. The van der Waals surface area contributed by atoms with Crippen LogP contribution in [0.4, 0.5) is 0 Å². The van der Waals surface area contributed by atoms with E-state index in [1.54, 1.807) is 7.11 Å². The number of rotatable bonds is 8. The Morgan fingerprint density at radius 3 is 2.50 bits per heavy atom. The maximum Gasteiger partial charge on any atom is 0.161 e. The van der Waals surface area contributed by atoms with Gasteiger partial charge in [0.25, 0.3) is 0 Å². The molecular formula is C15H28O3. The van der Waals surface area contributed by atoms with E-state index in [-0.39, 0.29) is 17.8 Å². The first-order valence-corrected chi connectivity index (χ1v) is 7.28. The van der Waals surface area contributed by atoms with E-state index >= 15 is 0 Å². The van der Waals surface area contributed by atoms with Crippen molar-refractivity contribution in [2.75, 3.05) is 20.3 Å². The molecule has 1 heterocycles. The number of hydrogen-bond acceptors (Lipinski definition) is 3. The molecule has 1 aliphatic heterocycles. The van der Waals surface area contributed by atoms with E-state index in [1.807, 2.05) is 13.8 Å². The Balaban J connectivity index is 2.11. The summed E-state index contributed by atoms with van der Waals surface area (Å²) >= 11 is 0. The van der Waals surface area contributed by atoms with Crippen molar-refractivity contribution in [2.24, 2.45) is 11.8 Å². The van der Waals surface area contributed by atoms with Crippen LogP contribution < -0.4 is 0 Å². The van der Waals surface area contributed by atoms with Gasteiger partial charge in [0.05, 0.1) is 0 Å². The van der Waals surface area contributed by atoms with Crippen LogP contribution in [0.1, 0.15) is 52.4 Å². The van der Waals surface area contributed by atoms with Crippen LogP contribution in [-0.2, 0) is 14.3 Å².